The Morgan fingerprint density at radius 2 is 1.29 bits per heavy atom. The average molecular weight is 338 g/mol. The summed E-state index contributed by atoms with van der Waals surface area (Å²) in [7, 11) is -4.37. The largest absolute Gasteiger partial charge is 0.469 e. The maximum absolute atomic E-state index is 10.9. The summed E-state index contributed by atoms with van der Waals surface area (Å²) >= 11 is -0.139. The molecule has 4 nitrogen and oxygen atoms in total. The molecule has 128 valence electrons. The van der Waals surface area contributed by atoms with Crippen molar-refractivity contribution in [2.45, 2.75) is 77.3 Å². The molecule has 0 aromatic heterocycles. The predicted octanol–water partition coefficient (Wildman–Crippen LogP) is 4.95. The molecule has 6 heteroatoms. The molecule has 0 saturated carbocycles. The van der Waals surface area contributed by atoms with Crippen molar-refractivity contribution >= 4 is 22.0 Å². The van der Waals surface area contributed by atoms with Crippen LogP contribution in [0, 0.1) is 17.8 Å². The minimum absolute atomic E-state index is 0.139. The monoisotopic (exact) mass is 338 g/mol. The standard InChI is InChI=1S/C12H27O4P.3CH3.Al/c1-9(2)6-11(5)8-12(7-10(3)4)16-17(13,14)15;;;;/h9-12H,6-8H2,1-5H3,(H2,13,14,15);3*1H3;. The van der Waals surface area contributed by atoms with Crippen molar-refractivity contribution in [3.05, 3.63) is 0 Å². The number of hydrogen-bond acceptors (Lipinski definition) is 2. The lowest BCUT2D eigenvalue weighted by atomic mass is 9.91. The van der Waals surface area contributed by atoms with E-state index in [1.54, 1.807) is 0 Å². The molecule has 0 spiro atoms. The fourth-order valence-corrected chi connectivity index (χ4v) is 2.81. The minimum atomic E-state index is -4.37. The Kier molecular flexibility index (Phi) is 13.8. The van der Waals surface area contributed by atoms with Crippen LogP contribution < -0.4 is 0 Å². The van der Waals surface area contributed by atoms with Crippen molar-refractivity contribution < 1.29 is 18.9 Å². The van der Waals surface area contributed by atoms with E-state index < -0.39 is 7.82 Å². The number of rotatable bonds is 8. The van der Waals surface area contributed by atoms with Gasteiger partial charge in [-0.3, -0.25) is 4.52 Å². The quantitative estimate of drug-likeness (QED) is 0.485. The van der Waals surface area contributed by atoms with Crippen LogP contribution >= 0.6 is 7.82 Å². The van der Waals surface area contributed by atoms with Crippen LogP contribution in [0.2, 0.25) is 17.4 Å². The van der Waals surface area contributed by atoms with Crippen LogP contribution in [0.3, 0.4) is 0 Å². The third kappa shape index (κ3) is 23.0. The predicted molar refractivity (Wildman–Crippen MR) is 93.0 cm³/mol. The fourth-order valence-electron chi connectivity index (χ4n) is 2.25. The van der Waals surface area contributed by atoms with Crippen molar-refractivity contribution in [3.8, 4) is 0 Å². The smallest absolute Gasteiger partial charge is 0.303 e. The highest BCUT2D eigenvalue weighted by Crippen LogP contribution is 2.40. The fraction of sp³-hybridized carbons (Fsp3) is 1.00. The van der Waals surface area contributed by atoms with Crippen molar-refractivity contribution in [2.24, 2.45) is 17.8 Å². The van der Waals surface area contributed by atoms with Crippen LogP contribution in [0.25, 0.3) is 0 Å². The first-order chi connectivity index (χ1) is 9.33. The van der Waals surface area contributed by atoms with Crippen LogP contribution in [0.5, 0.6) is 0 Å². The van der Waals surface area contributed by atoms with Gasteiger partial charge in [-0.05, 0) is 37.0 Å². The normalized spacial score (nSPS) is 14.7. The summed E-state index contributed by atoms with van der Waals surface area (Å²) in [4.78, 5) is 17.8. The third-order valence-corrected chi connectivity index (χ3v) is 3.13. The number of phosphoric ester groups is 1. The minimum Gasteiger partial charge on any atom is -0.303 e. The highest BCUT2D eigenvalue weighted by Gasteiger charge is 2.24. The summed E-state index contributed by atoms with van der Waals surface area (Å²) in [6.45, 7) is 10.5. The summed E-state index contributed by atoms with van der Waals surface area (Å²) in [6, 6.07) is 0. The average Bonchev–Trinajstić information content (AvgIpc) is 2.09. The molecule has 0 radical (unpaired) electrons. The molecule has 2 unspecified atom stereocenters. The Morgan fingerprint density at radius 1 is 0.905 bits per heavy atom. The Morgan fingerprint density at radius 3 is 1.57 bits per heavy atom. The van der Waals surface area contributed by atoms with E-state index in [0.717, 1.165) is 6.42 Å². The second-order valence-electron chi connectivity index (χ2n) is 7.55. The molecule has 2 N–H and O–H groups in total. The molecule has 0 aliphatic rings. The number of phosphoric acid groups is 1. The summed E-state index contributed by atoms with van der Waals surface area (Å²) in [5.41, 5.74) is 0. The molecule has 0 aliphatic carbocycles. The molecule has 0 bridgehead atoms. The lowest BCUT2D eigenvalue weighted by Crippen LogP contribution is -2.18. The molecular weight excluding hydrogens is 302 g/mol. The van der Waals surface area contributed by atoms with Gasteiger partial charge >= 0.3 is 7.82 Å². The lowest BCUT2D eigenvalue weighted by Gasteiger charge is -2.24. The Balaban J connectivity index is 0. The van der Waals surface area contributed by atoms with E-state index in [1.165, 1.54) is 0 Å². The van der Waals surface area contributed by atoms with E-state index in [9.17, 15) is 4.57 Å². The van der Waals surface area contributed by atoms with Gasteiger partial charge in [0.15, 0.2) is 0 Å². The van der Waals surface area contributed by atoms with E-state index in [-0.39, 0.29) is 20.3 Å². The van der Waals surface area contributed by atoms with Crippen LogP contribution in [-0.2, 0) is 9.09 Å². The molecule has 0 heterocycles. The first-order valence-electron chi connectivity index (χ1n) is 8.07. The van der Waals surface area contributed by atoms with Gasteiger partial charge in [0.05, 0.1) is 6.10 Å². The first-order valence-corrected chi connectivity index (χ1v) is 13.1. The molecule has 0 saturated heterocycles. The van der Waals surface area contributed by atoms with E-state index >= 15 is 0 Å². The van der Waals surface area contributed by atoms with Crippen LogP contribution in [0.15, 0.2) is 0 Å². The van der Waals surface area contributed by atoms with Gasteiger partial charge in [-0.25, -0.2) is 4.57 Å². The van der Waals surface area contributed by atoms with E-state index in [2.05, 4.69) is 38.1 Å². The molecule has 0 aromatic rings. The molecule has 0 rings (SSSR count). The molecule has 0 aliphatic heterocycles. The van der Waals surface area contributed by atoms with Crippen molar-refractivity contribution in [1.29, 1.82) is 0 Å². The summed E-state index contributed by atoms with van der Waals surface area (Å²) in [5, 5.41) is 0. The van der Waals surface area contributed by atoms with Gasteiger partial charge < -0.3 is 9.79 Å². The maximum atomic E-state index is 10.9. The van der Waals surface area contributed by atoms with Gasteiger partial charge in [-0.15, -0.1) is 17.4 Å². The Bertz CT molecular complexity index is 287. The van der Waals surface area contributed by atoms with Gasteiger partial charge in [0.25, 0.3) is 14.1 Å². The SMILES string of the molecule is CC(C)CC(C)CC(CC(C)C)OP(=O)(O)O.[CH3][Al]([CH3])[CH3]. The van der Waals surface area contributed by atoms with Crippen LogP contribution in [0.1, 0.15) is 53.9 Å². The molecule has 2 atom stereocenters. The molecule has 0 fully saturated rings. The van der Waals surface area contributed by atoms with E-state index in [4.69, 9.17) is 14.3 Å². The zero-order valence-corrected chi connectivity index (χ0v) is 17.2. The van der Waals surface area contributed by atoms with Crippen molar-refractivity contribution in [1.82, 2.24) is 0 Å². The Hall–Kier alpha value is 0.642. The highest BCUT2D eigenvalue weighted by atomic mass is 31.2. The van der Waals surface area contributed by atoms with Gasteiger partial charge in [0.1, 0.15) is 0 Å². The molecule has 0 aromatic carbocycles. The zero-order chi connectivity index (χ0) is 17.2. The van der Waals surface area contributed by atoms with Crippen molar-refractivity contribution in [2.75, 3.05) is 0 Å². The Labute approximate surface area is 136 Å². The molecule has 0 amide bonds. The van der Waals surface area contributed by atoms with Gasteiger partial charge in [-0.1, -0.05) is 34.6 Å². The van der Waals surface area contributed by atoms with Gasteiger partial charge in [0.2, 0.25) is 0 Å². The second-order valence-corrected chi connectivity index (χ2v) is 12.2. The lowest BCUT2D eigenvalue weighted by molar-refractivity contribution is 0.0962. The van der Waals surface area contributed by atoms with Crippen LogP contribution in [0.4, 0.5) is 0 Å². The molecule has 21 heavy (non-hydrogen) atoms. The van der Waals surface area contributed by atoms with Gasteiger partial charge in [0, 0.05) is 0 Å². The maximum Gasteiger partial charge on any atom is 0.469 e. The molecular formula is C15H36AlO4P. The summed E-state index contributed by atoms with van der Waals surface area (Å²) in [5.74, 6) is 8.31. The highest BCUT2D eigenvalue weighted by molar-refractivity contribution is 7.46. The van der Waals surface area contributed by atoms with Gasteiger partial charge in [-0.2, -0.15) is 0 Å². The van der Waals surface area contributed by atoms with Crippen LogP contribution in [-0.4, -0.2) is 30.0 Å². The van der Waals surface area contributed by atoms with Crippen molar-refractivity contribution in [3.63, 3.8) is 0 Å². The summed E-state index contributed by atoms with van der Waals surface area (Å²) in [6.07, 6.45) is 2.11. The zero-order valence-electron chi connectivity index (χ0n) is 15.2. The first kappa shape index (κ1) is 23.9. The number of hydrogen-bond donors (Lipinski definition) is 2. The third-order valence-electron chi connectivity index (χ3n) is 2.56. The second kappa shape index (κ2) is 12.1. The topological polar surface area (TPSA) is 66.8 Å². The van der Waals surface area contributed by atoms with E-state index in [1.807, 2.05) is 13.8 Å². The summed E-state index contributed by atoms with van der Waals surface area (Å²) < 4.78 is 15.8. The van der Waals surface area contributed by atoms with E-state index in [0.29, 0.717) is 30.6 Å².